The predicted octanol–water partition coefficient (Wildman–Crippen LogP) is 3.12. The van der Waals surface area contributed by atoms with Crippen molar-refractivity contribution in [2.24, 2.45) is 0 Å². The van der Waals surface area contributed by atoms with Crippen molar-refractivity contribution in [3.05, 3.63) is 18.2 Å². The lowest BCUT2D eigenvalue weighted by Crippen LogP contribution is -2.47. The molecule has 1 N–H and O–H groups in total. The van der Waals surface area contributed by atoms with Crippen LogP contribution in [0.3, 0.4) is 0 Å². The number of nitrogens with zero attached hydrogens (tertiary/aromatic N) is 2. The minimum absolute atomic E-state index is 0.0422. The first kappa shape index (κ1) is 14.7. The van der Waals surface area contributed by atoms with Gasteiger partial charge in [0.1, 0.15) is 5.60 Å². The second-order valence-corrected chi connectivity index (χ2v) is 5.99. The van der Waals surface area contributed by atoms with E-state index in [9.17, 15) is 13.6 Å². The van der Waals surface area contributed by atoms with Crippen LogP contribution >= 0.6 is 0 Å². The van der Waals surface area contributed by atoms with E-state index in [1.165, 1.54) is 17.4 Å². The van der Waals surface area contributed by atoms with Crippen molar-refractivity contribution in [3.63, 3.8) is 0 Å². The number of hydrogen-bond donors (Lipinski definition) is 1. The van der Waals surface area contributed by atoms with Gasteiger partial charge in [-0.05, 0) is 20.8 Å². The highest BCUT2D eigenvalue weighted by Crippen LogP contribution is 2.39. The van der Waals surface area contributed by atoms with Gasteiger partial charge in [-0.3, -0.25) is 4.90 Å². The molecule has 0 radical (unpaired) electrons. The number of nitrogens with one attached hydrogen (secondary N) is 1. The molecule has 0 aromatic carbocycles. The van der Waals surface area contributed by atoms with Crippen molar-refractivity contribution in [1.82, 2.24) is 14.9 Å². The molecule has 1 fully saturated rings. The molecule has 5 nitrogen and oxygen atoms in total. The first-order chi connectivity index (χ1) is 9.18. The molecule has 1 aliphatic heterocycles. The summed E-state index contributed by atoms with van der Waals surface area (Å²) in [6.45, 7) is 5.19. The van der Waals surface area contributed by atoms with E-state index in [1.54, 1.807) is 20.8 Å². The van der Waals surface area contributed by atoms with Crippen molar-refractivity contribution in [2.75, 3.05) is 6.54 Å². The zero-order valence-corrected chi connectivity index (χ0v) is 11.8. The van der Waals surface area contributed by atoms with Crippen LogP contribution in [0.15, 0.2) is 12.5 Å². The van der Waals surface area contributed by atoms with Gasteiger partial charge >= 0.3 is 6.09 Å². The number of likely N-dealkylation sites (tertiary alicyclic amines) is 1. The number of carbonyl (C=O) groups is 1. The Labute approximate surface area is 116 Å². The Morgan fingerprint density at radius 1 is 1.55 bits per heavy atom. The number of aromatic amines is 1. The van der Waals surface area contributed by atoms with E-state index >= 15 is 0 Å². The summed E-state index contributed by atoms with van der Waals surface area (Å²) in [5.41, 5.74) is -0.233. The minimum atomic E-state index is -2.79. The fourth-order valence-corrected chi connectivity index (χ4v) is 2.19. The summed E-state index contributed by atoms with van der Waals surface area (Å²) >= 11 is 0. The van der Waals surface area contributed by atoms with Gasteiger partial charge in [0.2, 0.25) is 0 Å². The molecule has 0 spiro atoms. The molecule has 0 bridgehead atoms. The number of imidazole rings is 1. The molecule has 1 atom stereocenters. The lowest BCUT2D eigenvalue weighted by Gasteiger charge is -2.39. The number of aromatic nitrogens is 2. The van der Waals surface area contributed by atoms with Gasteiger partial charge in [-0.25, -0.2) is 18.6 Å². The maximum atomic E-state index is 13.6. The highest BCUT2D eigenvalue weighted by Gasteiger charge is 2.44. The number of rotatable bonds is 1. The van der Waals surface area contributed by atoms with Crippen LogP contribution in [0.1, 0.15) is 45.3 Å². The fourth-order valence-electron chi connectivity index (χ4n) is 2.19. The number of hydrogen-bond acceptors (Lipinski definition) is 3. The molecule has 112 valence electrons. The molecule has 1 amide bonds. The third kappa shape index (κ3) is 3.46. The number of halogens is 2. The first-order valence-electron chi connectivity index (χ1n) is 6.54. The monoisotopic (exact) mass is 287 g/mol. The van der Waals surface area contributed by atoms with Crippen LogP contribution in [0.2, 0.25) is 0 Å². The van der Waals surface area contributed by atoms with Crippen LogP contribution in [0, 0.1) is 0 Å². The molecule has 7 heteroatoms. The number of alkyl halides is 2. The van der Waals surface area contributed by atoms with Gasteiger partial charge in [-0.15, -0.1) is 0 Å². The summed E-state index contributed by atoms with van der Waals surface area (Å²) in [5, 5.41) is 0. The molecule has 2 rings (SSSR count). The average molecular weight is 287 g/mol. The van der Waals surface area contributed by atoms with E-state index < -0.39 is 30.1 Å². The quantitative estimate of drug-likeness (QED) is 0.863. The van der Waals surface area contributed by atoms with E-state index in [0.717, 1.165) is 0 Å². The molecule has 1 aliphatic rings. The largest absolute Gasteiger partial charge is 0.444 e. The Kier molecular flexibility index (Phi) is 3.71. The summed E-state index contributed by atoms with van der Waals surface area (Å²) in [5.74, 6) is -2.79. The summed E-state index contributed by atoms with van der Waals surface area (Å²) in [4.78, 5) is 20.2. The van der Waals surface area contributed by atoms with Crippen molar-refractivity contribution in [3.8, 4) is 0 Å². The summed E-state index contributed by atoms with van der Waals surface area (Å²) < 4.78 is 32.5. The Morgan fingerprint density at radius 2 is 2.25 bits per heavy atom. The molecular formula is C13H19F2N3O2. The standard InChI is InChI=1S/C13H19F2N3O2/c1-12(2,3)20-11(19)18-5-4-13(14,15)6-10(18)9-7-16-8-17-9/h7-8,10H,4-6H2,1-3H3,(H,16,17). The van der Waals surface area contributed by atoms with Crippen molar-refractivity contribution in [1.29, 1.82) is 0 Å². The number of carbonyl (C=O) groups excluding carboxylic acids is 1. The Bertz CT molecular complexity index is 468. The van der Waals surface area contributed by atoms with E-state index in [2.05, 4.69) is 9.97 Å². The Balaban J connectivity index is 2.20. The second kappa shape index (κ2) is 5.03. The van der Waals surface area contributed by atoms with Crippen LogP contribution in [0.25, 0.3) is 0 Å². The van der Waals surface area contributed by atoms with Gasteiger partial charge in [0.25, 0.3) is 5.92 Å². The van der Waals surface area contributed by atoms with Crippen LogP contribution in [0.5, 0.6) is 0 Å². The normalized spacial score (nSPS) is 22.6. The molecule has 0 saturated carbocycles. The average Bonchev–Trinajstić information content (AvgIpc) is 2.78. The molecule has 0 aliphatic carbocycles. The van der Waals surface area contributed by atoms with Gasteiger partial charge in [0.15, 0.2) is 0 Å². The second-order valence-electron chi connectivity index (χ2n) is 5.99. The summed E-state index contributed by atoms with van der Waals surface area (Å²) in [6.07, 6.45) is 1.57. The van der Waals surface area contributed by atoms with Crippen LogP contribution in [-0.2, 0) is 4.74 Å². The van der Waals surface area contributed by atoms with Gasteiger partial charge in [-0.2, -0.15) is 0 Å². The fraction of sp³-hybridized carbons (Fsp3) is 0.692. The van der Waals surface area contributed by atoms with E-state index in [4.69, 9.17) is 4.74 Å². The van der Waals surface area contributed by atoms with E-state index in [1.807, 2.05) is 0 Å². The Morgan fingerprint density at radius 3 is 2.80 bits per heavy atom. The van der Waals surface area contributed by atoms with Gasteiger partial charge in [0, 0.05) is 25.6 Å². The molecule has 20 heavy (non-hydrogen) atoms. The number of piperidine rings is 1. The van der Waals surface area contributed by atoms with E-state index in [0.29, 0.717) is 5.69 Å². The highest BCUT2D eigenvalue weighted by atomic mass is 19.3. The maximum absolute atomic E-state index is 13.6. The smallest absolute Gasteiger partial charge is 0.410 e. The predicted molar refractivity (Wildman–Crippen MR) is 68.4 cm³/mol. The van der Waals surface area contributed by atoms with Gasteiger partial charge in [0.05, 0.1) is 18.1 Å². The zero-order valence-electron chi connectivity index (χ0n) is 11.8. The number of amides is 1. The molecule has 1 aromatic heterocycles. The molecule has 1 unspecified atom stereocenters. The van der Waals surface area contributed by atoms with Crippen molar-refractivity contribution in [2.45, 2.75) is 51.2 Å². The maximum Gasteiger partial charge on any atom is 0.410 e. The van der Waals surface area contributed by atoms with Crippen molar-refractivity contribution < 1.29 is 18.3 Å². The molecule has 2 heterocycles. The van der Waals surface area contributed by atoms with Crippen LogP contribution in [0.4, 0.5) is 13.6 Å². The lowest BCUT2D eigenvalue weighted by atomic mass is 9.97. The third-order valence-corrected chi connectivity index (χ3v) is 3.08. The van der Waals surface area contributed by atoms with Gasteiger partial charge in [-0.1, -0.05) is 0 Å². The highest BCUT2D eigenvalue weighted by molar-refractivity contribution is 5.69. The third-order valence-electron chi connectivity index (χ3n) is 3.08. The molecule has 1 aromatic rings. The first-order valence-corrected chi connectivity index (χ1v) is 6.54. The molecular weight excluding hydrogens is 268 g/mol. The number of ether oxygens (including phenoxy) is 1. The minimum Gasteiger partial charge on any atom is -0.444 e. The topological polar surface area (TPSA) is 58.2 Å². The summed E-state index contributed by atoms with van der Waals surface area (Å²) in [7, 11) is 0. The van der Waals surface area contributed by atoms with Crippen LogP contribution in [-0.4, -0.2) is 39.0 Å². The summed E-state index contributed by atoms with van der Waals surface area (Å²) in [6, 6.07) is -0.764. The zero-order chi connectivity index (χ0) is 15.0. The van der Waals surface area contributed by atoms with Crippen molar-refractivity contribution >= 4 is 6.09 Å². The van der Waals surface area contributed by atoms with Crippen LogP contribution < -0.4 is 0 Å². The Hall–Kier alpha value is -1.66. The van der Waals surface area contributed by atoms with E-state index in [-0.39, 0.29) is 13.0 Å². The lowest BCUT2D eigenvalue weighted by molar-refractivity contribution is -0.0815. The van der Waals surface area contributed by atoms with Gasteiger partial charge < -0.3 is 9.72 Å². The molecule has 1 saturated heterocycles. The number of H-pyrrole nitrogens is 1. The SMILES string of the molecule is CC(C)(C)OC(=O)N1CCC(F)(F)CC1c1c[nH]cn1.